The van der Waals surface area contributed by atoms with Crippen molar-refractivity contribution in [1.82, 2.24) is 14.7 Å². The molecule has 7 nitrogen and oxygen atoms in total. The highest BCUT2D eigenvalue weighted by molar-refractivity contribution is 7.72. The molecule has 0 aromatic carbocycles. The lowest BCUT2D eigenvalue weighted by atomic mass is 9.96. The van der Waals surface area contributed by atoms with Crippen LogP contribution in [-0.4, -0.2) is 48.0 Å². The number of thiol groups is 1. The minimum Gasteiger partial charge on any atom is -0.365 e. The van der Waals surface area contributed by atoms with Crippen LogP contribution in [0.3, 0.4) is 0 Å². The van der Waals surface area contributed by atoms with Gasteiger partial charge in [0.1, 0.15) is 5.82 Å². The molecule has 2 aromatic rings. The topological polar surface area (TPSA) is 84.3 Å². The monoisotopic (exact) mass is 430 g/mol. The molecule has 1 N–H and O–H groups in total. The zero-order chi connectivity index (χ0) is 19.8. The lowest BCUT2D eigenvalue weighted by Crippen LogP contribution is -2.45. The molecule has 0 bridgehead atoms. The van der Waals surface area contributed by atoms with Crippen LogP contribution in [0.1, 0.15) is 42.1 Å². The highest BCUT2D eigenvalue weighted by Crippen LogP contribution is 2.30. The fourth-order valence-corrected chi connectivity index (χ4v) is 4.44. The van der Waals surface area contributed by atoms with Gasteiger partial charge < -0.3 is 5.32 Å². The van der Waals surface area contributed by atoms with Crippen molar-refractivity contribution in [3.05, 3.63) is 33.1 Å². The van der Waals surface area contributed by atoms with E-state index < -0.39 is 16.1 Å². The van der Waals surface area contributed by atoms with Crippen LogP contribution in [-0.2, 0) is 17.2 Å². The molecule has 1 aliphatic rings. The number of halogens is 1. The van der Waals surface area contributed by atoms with Crippen molar-refractivity contribution in [2.75, 3.05) is 24.3 Å². The average molecular weight is 431 g/mol. The van der Waals surface area contributed by atoms with Gasteiger partial charge in [-0.25, -0.2) is 8.42 Å². The first-order valence-electron chi connectivity index (χ1n) is 8.60. The average Bonchev–Trinajstić information content (AvgIpc) is 3.12. The minimum absolute atomic E-state index is 0.0672. The zero-order valence-electron chi connectivity index (χ0n) is 15.4. The smallest absolute Gasteiger partial charge is 0.254 e. The van der Waals surface area contributed by atoms with Gasteiger partial charge in [0.25, 0.3) is 5.91 Å². The quantitative estimate of drug-likeness (QED) is 0.685. The number of hydrogen-bond acceptors (Lipinski definition) is 7. The second kappa shape index (κ2) is 7.90. The number of carbonyl (C=O) groups excluding carboxylic acids is 1. The molecule has 0 saturated carbocycles. The molecule has 0 amide bonds. The number of nitrogens with zero attached hydrogens (tertiary/aromatic N) is 3. The predicted octanol–water partition coefficient (Wildman–Crippen LogP) is 2.86. The van der Waals surface area contributed by atoms with Crippen LogP contribution >= 0.6 is 22.9 Å². The number of hydrogen-bond donors (Lipinski definition) is 2. The van der Waals surface area contributed by atoms with Crippen LogP contribution in [0.5, 0.6) is 0 Å². The van der Waals surface area contributed by atoms with Crippen molar-refractivity contribution in [2.24, 2.45) is 5.41 Å². The van der Waals surface area contributed by atoms with Crippen LogP contribution in [0.25, 0.3) is 0 Å². The van der Waals surface area contributed by atoms with Crippen LogP contribution < -0.4 is 5.32 Å². The Labute approximate surface area is 169 Å². The predicted molar refractivity (Wildman–Crippen MR) is 108 cm³/mol. The van der Waals surface area contributed by atoms with Gasteiger partial charge in [0.15, 0.2) is 10.7 Å². The number of nitrogens with one attached hydrogen (secondary N) is 1. The molecule has 148 valence electrons. The first-order valence-corrected chi connectivity index (χ1v) is 11.2. The van der Waals surface area contributed by atoms with E-state index in [9.17, 15) is 13.2 Å². The summed E-state index contributed by atoms with van der Waals surface area (Å²) >= 11 is 7.46. The van der Waals surface area contributed by atoms with Gasteiger partial charge in [-0.1, -0.05) is 32.4 Å². The largest absolute Gasteiger partial charge is 0.365 e. The molecule has 10 heteroatoms. The van der Waals surface area contributed by atoms with Gasteiger partial charge in [-0.2, -0.15) is 9.78 Å². The molecule has 27 heavy (non-hydrogen) atoms. The van der Waals surface area contributed by atoms with E-state index >= 15 is 0 Å². The lowest BCUT2D eigenvalue weighted by molar-refractivity contribution is 0.0749. The number of carbonyl (C=O) groups is 1. The molecular formula is C17H23ClN4O3S2. The molecular weight excluding hydrogens is 408 g/mol. The molecule has 1 aliphatic heterocycles. The Morgan fingerprint density at radius 1 is 1.37 bits per heavy atom. The third-order valence-corrected chi connectivity index (χ3v) is 6.19. The summed E-state index contributed by atoms with van der Waals surface area (Å²) in [5.74, 6) is 0.741. The normalized spacial score (nSPS) is 15.9. The SMILES string of the molecule is CC(C)(C)C(=O)n1nc(C2CN(C[SH](=O)=O)C2)cc1NCc1ccc(Cl)s1. The van der Waals surface area contributed by atoms with Crippen molar-refractivity contribution in [1.29, 1.82) is 0 Å². The minimum atomic E-state index is -2.41. The summed E-state index contributed by atoms with van der Waals surface area (Å²) in [7, 11) is -2.41. The Kier molecular flexibility index (Phi) is 5.95. The number of aromatic nitrogens is 2. The van der Waals surface area contributed by atoms with Crippen molar-refractivity contribution in [3.8, 4) is 0 Å². The Balaban J connectivity index is 1.78. The molecule has 1 saturated heterocycles. The van der Waals surface area contributed by atoms with E-state index in [0.29, 0.717) is 25.5 Å². The summed E-state index contributed by atoms with van der Waals surface area (Å²) in [6.07, 6.45) is 0. The summed E-state index contributed by atoms with van der Waals surface area (Å²) in [5, 5.41) is 7.82. The maximum atomic E-state index is 12.8. The van der Waals surface area contributed by atoms with E-state index in [2.05, 4.69) is 10.4 Å². The maximum absolute atomic E-state index is 12.8. The highest BCUT2D eigenvalue weighted by Gasteiger charge is 2.33. The van der Waals surface area contributed by atoms with E-state index in [-0.39, 0.29) is 17.7 Å². The van der Waals surface area contributed by atoms with E-state index in [4.69, 9.17) is 11.6 Å². The third-order valence-electron chi connectivity index (χ3n) is 4.33. The standard InChI is InChI=1S/C17H23ClN4O3S2/c1-17(2,3)16(23)22-15(19-7-12-4-5-14(18)26-12)6-13(20-22)11-8-21(9-11)10-27(24)25/h4-6,11,19,27H,7-10H2,1-3H3. The van der Waals surface area contributed by atoms with Crippen LogP contribution in [0.15, 0.2) is 18.2 Å². The molecule has 3 heterocycles. The van der Waals surface area contributed by atoms with Gasteiger partial charge in [-0.3, -0.25) is 9.69 Å². The fourth-order valence-electron chi connectivity index (χ4n) is 2.86. The van der Waals surface area contributed by atoms with Crippen molar-refractivity contribution in [3.63, 3.8) is 0 Å². The number of likely N-dealkylation sites (tertiary alicyclic amines) is 1. The first-order chi connectivity index (χ1) is 12.6. The van der Waals surface area contributed by atoms with Crippen LogP contribution in [0, 0.1) is 5.41 Å². The first kappa shape index (κ1) is 20.3. The molecule has 2 aromatic heterocycles. The van der Waals surface area contributed by atoms with Gasteiger partial charge in [0, 0.05) is 35.4 Å². The second-order valence-electron chi connectivity index (χ2n) is 7.69. The van der Waals surface area contributed by atoms with E-state index in [1.165, 1.54) is 16.0 Å². The van der Waals surface area contributed by atoms with Gasteiger partial charge in [-0.15, -0.1) is 11.3 Å². The molecule has 0 aliphatic carbocycles. The number of anilines is 1. The van der Waals surface area contributed by atoms with Gasteiger partial charge >= 0.3 is 0 Å². The zero-order valence-corrected chi connectivity index (χ0v) is 17.9. The Bertz CT molecular complexity index is 900. The Morgan fingerprint density at radius 3 is 2.63 bits per heavy atom. The summed E-state index contributed by atoms with van der Waals surface area (Å²) in [4.78, 5) is 15.7. The second-order valence-corrected chi connectivity index (χ2v) is 10.4. The van der Waals surface area contributed by atoms with Gasteiger partial charge in [0.2, 0.25) is 0 Å². The molecule has 0 atom stereocenters. The molecule has 3 rings (SSSR count). The molecule has 0 radical (unpaired) electrons. The van der Waals surface area contributed by atoms with Crippen LogP contribution in [0.2, 0.25) is 4.34 Å². The van der Waals surface area contributed by atoms with Gasteiger partial charge in [-0.05, 0) is 12.1 Å². The van der Waals surface area contributed by atoms with Crippen molar-refractivity contribution < 1.29 is 13.2 Å². The fraction of sp³-hybridized carbons (Fsp3) is 0.529. The van der Waals surface area contributed by atoms with E-state index in [1.54, 1.807) is 0 Å². The van der Waals surface area contributed by atoms with Crippen molar-refractivity contribution in [2.45, 2.75) is 33.2 Å². The highest BCUT2D eigenvalue weighted by atomic mass is 35.5. The molecule has 0 spiro atoms. The maximum Gasteiger partial charge on any atom is 0.254 e. The summed E-state index contributed by atoms with van der Waals surface area (Å²) < 4.78 is 23.8. The summed E-state index contributed by atoms with van der Waals surface area (Å²) in [6, 6.07) is 5.68. The third kappa shape index (κ3) is 4.90. The van der Waals surface area contributed by atoms with Gasteiger partial charge in [0.05, 0.1) is 22.5 Å². The van der Waals surface area contributed by atoms with E-state index in [0.717, 1.165) is 14.9 Å². The summed E-state index contributed by atoms with van der Waals surface area (Å²) in [6.45, 7) is 7.38. The van der Waals surface area contributed by atoms with Crippen molar-refractivity contribution >= 4 is 45.4 Å². The Hall–Kier alpha value is -1.42. The molecule has 1 fully saturated rings. The van der Waals surface area contributed by atoms with E-state index in [1.807, 2.05) is 43.9 Å². The van der Waals surface area contributed by atoms with Crippen LogP contribution in [0.4, 0.5) is 5.82 Å². The summed E-state index contributed by atoms with van der Waals surface area (Å²) in [5.41, 5.74) is 0.232. The Morgan fingerprint density at radius 2 is 2.07 bits per heavy atom. The number of thiophene rings is 1. The lowest BCUT2D eigenvalue weighted by Gasteiger charge is -2.36. The molecule has 0 unspecified atom stereocenters. The number of rotatable bonds is 6.